The second kappa shape index (κ2) is 10.8. The minimum Gasteiger partial charge on any atom is -0.490 e. The van der Waals surface area contributed by atoms with E-state index in [1.54, 1.807) is 24.5 Å². The number of rotatable bonds is 11. The number of carbonyl (C=O) groups excluding carboxylic acids is 1. The van der Waals surface area contributed by atoms with Crippen LogP contribution < -0.4 is 4.74 Å². The average Bonchev–Trinajstić information content (AvgIpc) is 3.26. The number of benzene rings is 2. The predicted octanol–water partition coefficient (Wildman–Crippen LogP) is 4.49. The minimum atomic E-state index is -0.713. The fourth-order valence-electron chi connectivity index (χ4n) is 3.37. The molecule has 1 N–H and O–H groups in total. The van der Waals surface area contributed by atoms with Crippen molar-refractivity contribution in [1.82, 2.24) is 4.90 Å². The van der Waals surface area contributed by atoms with Crippen molar-refractivity contribution in [3.63, 3.8) is 0 Å². The number of aliphatic hydroxyl groups excluding tert-OH is 1. The summed E-state index contributed by atoms with van der Waals surface area (Å²) in [6.45, 7) is 5.44. The summed E-state index contributed by atoms with van der Waals surface area (Å²) in [5.74, 6) is 1.28. The van der Waals surface area contributed by atoms with Gasteiger partial charge >= 0.3 is 0 Å². The lowest BCUT2D eigenvalue weighted by Gasteiger charge is -2.25. The van der Waals surface area contributed by atoms with Gasteiger partial charge in [0.1, 0.15) is 24.2 Å². The van der Waals surface area contributed by atoms with Gasteiger partial charge < -0.3 is 14.3 Å². The number of Topliss-reactive ketones (excluding diaryl/α,β-unsaturated/α-hetero) is 1. The Morgan fingerprint density at radius 1 is 1.03 bits per heavy atom. The summed E-state index contributed by atoms with van der Waals surface area (Å²) < 4.78 is 11.3. The topological polar surface area (TPSA) is 62.9 Å². The molecule has 158 valence electrons. The van der Waals surface area contributed by atoms with E-state index in [4.69, 9.17) is 9.15 Å². The molecule has 0 saturated carbocycles. The first-order valence-electron chi connectivity index (χ1n) is 10.3. The molecule has 2 aromatic carbocycles. The molecule has 0 aliphatic heterocycles. The van der Waals surface area contributed by atoms with Gasteiger partial charge in [-0.15, -0.1) is 0 Å². The van der Waals surface area contributed by atoms with E-state index in [0.717, 1.165) is 12.2 Å². The highest BCUT2D eigenvalue weighted by molar-refractivity contribution is 5.96. The van der Waals surface area contributed by atoms with Gasteiger partial charge in [-0.2, -0.15) is 0 Å². The van der Waals surface area contributed by atoms with Gasteiger partial charge in [0.05, 0.1) is 18.4 Å². The van der Waals surface area contributed by atoms with Crippen molar-refractivity contribution in [2.45, 2.75) is 39.5 Å². The number of ketones is 1. The van der Waals surface area contributed by atoms with E-state index in [2.05, 4.69) is 36.1 Å². The molecular formula is C25H29NO4. The Bertz CT molecular complexity index is 919. The number of hydrogen-bond acceptors (Lipinski definition) is 5. The lowest BCUT2D eigenvalue weighted by atomic mass is 10.1. The van der Waals surface area contributed by atoms with Crippen molar-refractivity contribution in [3.8, 4) is 5.75 Å². The minimum absolute atomic E-state index is 0.0601. The Balaban J connectivity index is 1.63. The van der Waals surface area contributed by atoms with Crippen LogP contribution >= 0.6 is 0 Å². The molecule has 0 radical (unpaired) electrons. The summed E-state index contributed by atoms with van der Waals surface area (Å²) in [5.41, 5.74) is 3.00. The average molecular weight is 408 g/mol. The largest absolute Gasteiger partial charge is 0.490 e. The second-order valence-corrected chi connectivity index (χ2v) is 7.44. The number of furan rings is 1. The van der Waals surface area contributed by atoms with E-state index in [0.29, 0.717) is 30.9 Å². The van der Waals surface area contributed by atoms with Crippen LogP contribution in [0.2, 0.25) is 0 Å². The van der Waals surface area contributed by atoms with Crippen molar-refractivity contribution in [2.24, 2.45) is 0 Å². The lowest BCUT2D eigenvalue weighted by molar-refractivity contribution is 0.0599. The van der Waals surface area contributed by atoms with Crippen LogP contribution in [0.15, 0.2) is 71.3 Å². The van der Waals surface area contributed by atoms with E-state index >= 15 is 0 Å². The highest BCUT2D eigenvalue weighted by atomic mass is 16.5. The van der Waals surface area contributed by atoms with E-state index in [1.165, 1.54) is 18.1 Å². The highest BCUT2D eigenvalue weighted by Crippen LogP contribution is 2.19. The Morgan fingerprint density at radius 2 is 1.77 bits per heavy atom. The van der Waals surface area contributed by atoms with Gasteiger partial charge in [-0.1, -0.05) is 43.3 Å². The molecule has 0 aliphatic carbocycles. The third-order valence-corrected chi connectivity index (χ3v) is 4.96. The number of para-hydroxylation sites is 1. The Hall–Kier alpha value is -2.89. The number of ether oxygens (including phenoxy) is 1. The first-order chi connectivity index (χ1) is 14.5. The third-order valence-electron chi connectivity index (χ3n) is 4.96. The molecule has 1 heterocycles. The Labute approximate surface area is 177 Å². The number of nitrogens with zero attached hydrogens (tertiary/aromatic N) is 1. The maximum absolute atomic E-state index is 11.8. The van der Waals surface area contributed by atoms with Crippen molar-refractivity contribution in [1.29, 1.82) is 0 Å². The van der Waals surface area contributed by atoms with Crippen molar-refractivity contribution >= 4 is 5.78 Å². The molecular weight excluding hydrogens is 378 g/mol. The molecule has 30 heavy (non-hydrogen) atoms. The maximum atomic E-state index is 11.8. The fourth-order valence-corrected chi connectivity index (χ4v) is 3.37. The highest BCUT2D eigenvalue weighted by Gasteiger charge is 2.16. The van der Waals surface area contributed by atoms with Crippen LogP contribution in [0.3, 0.4) is 0 Å². The molecule has 0 saturated heterocycles. The molecule has 1 atom stereocenters. The summed E-state index contributed by atoms with van der Waals surface area (Å²) in [6.07, 6.45) is 1.95. The van der Waals surface area contributed by atoms with Crippen LogP contribution in [0.5, 0.6) is 5.75 Å². The smallest absolute Gasteiger partial charge is 0.163 e. The van der Waals surface area contributed by atoms with Gasteiger partial charge in [-0.05, 0) is 48.7 Å². The van der Waals surface area contributed by atoms with E-state index in [1.807, 2.05) is 18.2 Å². The van der Waals surface area contributed by atoms with Crippen LogP contribution in [-0.2, 0) is 19.5 Å². The Kier molecular flexibility index (Phi) is 7.82. The maximum Gasteiger partial charge on any atom is 0.163 e. The molecule has 5 heteroatoms. The summed E-state index contributed by atoms with van der Waals surface area (Å²) in [4.78, 5) is 13.9. The Morgan fingerprint density at radius 3 is 2.43 bits per heavy atom. The third kappa shape index (κ3) is 6.31. The zero-order valence-corrected chi connectivity index (χ0v) is 17.6. The van der Waals surface area contributed by atoms with E-state index in [-0.39, 0.29) is 12.4 Å². The van der Waals surface area contributed by atoms with Crippen molar-refractivity contribution < 1.29 is 19.1 Å². The first kappa shape index (κ1) is 21.8. The predicted molar refractivity (Wildman–Crippen MR) is 117 cm³/mol. The molecule has 0 aliphatic rings. The number of aryl methyl sites for hydroxylation is 1. The zero-order chi connectivity index (χ0) is 21.3. The lowest BCUT2D eigenvalue weighted by Crippen LogP contribution is -2.35. The van der Waals surface area contributed by atoms with Crippen LogP contribution in [0, 0.1) is 0 Å². The van der Waals surface area contributed by atoms with E-state index < -0.39 is 6.10 Å². The fraction of sp³-hybridized carbons (Fsp3) is 0.320. The van der Waals surface area contributed by atoms with Gasteiger partial charge in [0, 0.05) is 13.1 Å². The zero-order valence-electron chi connectivity index (χ0n) is 17.6. The van der Waals surface area contributed by atoms with Gasteiger partial charge in [0.15, 0.2) is 5.78 Å². The first-order valence-corrected chi connectivity index (χ1v) is 10.3. The van der Waals surface area contributed by atoms with Gasteiger partial charge in [0.2, 0.25) is 0 Å². The monoisotopic (exact) mass is 407 g/mol. The van der Waals surface area contributed by atoms with Crippen LogP contribution in [0.1, 0.15) is 41.1 Å². The number of hydrogen-bond donors (Lipinski definition) is 1. The van der Waals surface area contributed by atoms with E-state index in [9.17, 15) is 9.90 Å². The van der Waals surface area contributed by atoms with Crippen LogP contribution in [-0.4, -0.2) is 35.0 Å². The molecule has 0 fully saturated rings. The van der Waals surface area contributed by atoms with Gasteiger partial charge in [0.25, 0.3) is 0 Å². The SMILES string of the molecule is CCc1ccc(CN(Cc2ccco2)CC(O)COc2ccccc2C(C)=O)cc1. The number of carbonyl (C=O) groups is 1. The molecule has 5 nitrogen and oxygen atoms in total. The quantitative estimate of drug-likeness (QED) is 0.475. The summed E-state index contributed by atoms with van der Waals surface area (Å²) >= 11 is 0. The molecule has 0 spiro atoms. The molecule has 3 rings (SSSR count). The standard InChI is InChI=1S/C25H29NO4/c1-3-20-10-12-21(13-11-20)15-26(17-23-7-6-14-29-23)16-22(28)18-30-25-9-5-4-8-24(25)19(2)27/h4-14,22,28H,3,15-18H2,1-2H3. The van der Waals surface area contributed by atoms with Crippen molar-refractivity contribution in [2.75, 3.05) is 13.2 Å². The summed E-state index contributed by atoms with van der Waals surface area (Å²) in [5, 5.41) is 10.6. The molecule has 1 aromatic heterocycles. The number of aliphatic hydroxyl groups is 1. The summed E-state index contributed by atoms with van der Waals surface area (Å²) in [6, 6.07) is 19.4. The van der Waals surface area contributed by atoms with Crippen LogP contribution in [0.4, 0.5) is 0 Å². The van der Waals surface area contributed by atoms with Gasteiger partial charge in [-0.25, -0.2) is 0 Å². The second-order valence-electron chi connectivity index (χ2n) is 7.44. The van der Waals surface area contributed by atoms with Crippen LogP contribution in [0.25, 0.3) is 0 Å². The molecule has 3 aromatic rings. The summed E-state index contributed by atoms with van der Waals surface area (Å²) in [7, 11) is 0. The molecule has 1 unspecified atom stereocenters. The normalized spacial score (nSPS) is 12.1. The van der Waals surface area contributed by atoms with Crippen molar-refractivity contribution in [3.05, 3.63) is 89.4 Å². The molecule has 0 amide bonds. The van der Waals surface area contributed by atoms with Gasteiger partial charge in [-0.3, -0.25) is 9.69 Å². The molecule has 0 bridgehead atoms.